The van der Waals surface area contributed by atoms with Gasteiger partial charge in [0, 0.05) is 6.42 Å². The number of halogens is 9. The summed E-state index contributed by atoms with van der Waals surface area (Å²) in [7, 11) is 0. The fourth-order valence-corrected chi connectivity index (χ4v) is 7.83. The van der Waals surface area contributed by atoms with Crippen molar-refractivity contribution in [2.24, 2.45) is 28.6 Å². The Kier molecular flexibility index (Phi) is 9.40. The highest BCUT2D eigenvalue weighted by atomic mass is 19.4. The lowest BCUT2D eigenvalue weighted by Crippen LogP contribution is -2.65. The van der Waals surface area contributed by atoms with Crippen LogP contribution in [0.5, 0.6) is 0 Å². The van der Waals surface area contributed by atoms with Crippen molar-refractivity contribution in [3.8, 4) is 0 Å². The second kappa shape index (κ2) is 11.8. The smallest absolute Gasteiger partial charge is 0.393 e. The Bertz CT molecular complexity index is 1260. The minimum atomic E-state index is -7.18. The first-order valence-electron chi connectivity index (χ1n) is 15.1. The summed E-state index contributed by atoms with van der Waals surface area (Å²) in [4.78, 5) is 12.5. The molecule has 7 atom stereocenters. The Morgan fingerprint density at radius 3 is 2.16 bits per heavy atom. The molecule has 0 bridgehead atoms. The number of allylic oxidation sites excluding steroid dienone is 4. The number of hydrogen-bond acceptors (Lipinski definition) is 4. The molecule has 4 nitrogen and oxygen atoms in total. The highest BCUT2D eigenvalue weighted by molar-refractivity contribution is 5.95. The van der Waals surface area contributed by atoms with E-state index in [1.807, 2.05) is 19.1 Å². The van der Waals surface area contributed by atoms with Crippen LogP contribution in [-0.4, -0.2) is 63.4 Å². The van der Waals surface area contributed by atoms with E-state index in [2.05, 4.69) is 13.5 Å². The molecule has 4 fully saturated rings. The summed E-state index contributed by atoms with van der Waals surface area (Å²) < 4.78 is 121. The van der Waals surface area contributed by atoms with Crippen LogP contribution in [0.15, 0.2) is 47.6 Å². The molecule has 3 N–H and O–H groups in total. The summed E-state index contributed by atoms with van der Waals surface area (Å²) in [6, 6.07) is 0. The number of carbonyl (C=O) groups excluding carboxylic acids is 1. The Morgan fingerprint density at radius 1 is 0.956 bits per heavy atom. The molecule has 0 aromatic heterocycles. The maximum absolute atomic E-state index is 14.4. The molecule has 0 aromatic rings. The standard InChI is InChI=1S/C32H39F9O4/c1-17(6-11-25(44)28(13-14-28)26(45)29(33,34)30(35,36)31(37,38)32(39,40)41)22-9-10-23-19(5-4-12-27(22,23)3)7-8-20-15-21(42)16-24(43)18(20)2/h6-8,11,17,21-25,42-44H,2,4-5,9-10,12-16H2,1,3H3/t17-,21-,22-,23+,24+,25-,27-/m1/s1. The second-order valence-electron chi connectivity index (χ2n) is 13.6. The van der Waals surface area contributed by atoms with Gasteiger partial charge in [-0.3, -0.25) is 4.79 Å². The molecule has 0 radical (unpaired) electrons. The number of hydrogen-bond donors (Lipinski definition) is 3. The Labute approximate surface area is 255 Å². The molecule has 0 saturated heterocycles. The number of Topliss-reactive ketones (excluding diaryl/α,β-unsaturated/α-hetero) is 1. The minimum absolute atomic E-state index is 0.0256. The van der Waals surface area contributed by atoms with Crippen molar-refractivity contribution in [3.05, 3.63) is 47.6 Å². The zero-order valence-electron chi connectivity index (χ0n) is 25.0. The number of aliphatic hydroxyl groups excluding tert-OH is 3. The van der Waals surface area contributed by atoms with Gasteiger partial charge in [0.15, 0.2) is 0 Å². The Balaban J connectivity index is 1.49. The molecule has 0 heterocycles. The molecule has 4 saturated carbocycles. The van der Waals surface area contributed by atoms with E-state index in [1.54, 1.807) is 0 Å². The van der Waals surface area contributed by atoms with E-state index in [0.717, 1.165) is 43.8 Å². The van der Waals surface area contributed by atoms with Gasteiger partial charge in [-0.1, -0.05) is 50.3 Å². The summed E-state index contributed by atoms with van der Waals surface area (Å²) >= 11 is 0. The topological polar surface area (TPSA) is 77.8 Å². The van der Waals surface area contributed by atoms with Gasteiger partial charge in [0.1, 0.15) is 0 Å². The van der Waals surface area contributed by atoms with Crippen LogP contribution in [0.25, 0.3) is 0 Å². The third kappa shape index (κ3) is 5.94. The zero-order valence-corrected chi connectivity index (χ0v) is 25.0. The van der Waals surface area contributed by atoms with Crippen molar-refractivity contribution in [2.75, 3.05) is 0 Å². The Hall–Kier alpha value is -2.12. The molecule has 4 aliphatic carbocycles. The molecule has 0 amide bonds. The highest BCUT2D eigenvalue weighted by Gasteiger charge is 2.85. The van der Waals surface area contributed by atoms with Gasteiger partial charge in [-0.05, 0) is 85.7 Å². The maximum atomic E-state index is 14.4. The van der Waals surface area contributed by atoms with Gasteiger partial charge < -0.3 is 15.3 Å². The van der Waals surface area contributed by atoms with Crippen LogP contribution in [0.3, 0.4) is 0 Å². The maximum Gasteiger partial charge on any atom is 0.460 e. The van der Waals surface area contributed by atoms with Crippen LogP contribution in [0.1, 0.15) is 71.6 Å². The van der Waals surface area contributed by atoms with E-state index in [-0.39, 0.29) is 29.6 Å². The monoisotopic (exact) mass is 658 g/mol. The molecule has 0 aliphatic heterocycles. The minimum Gasteiger partial charge on any atom is -0.393 e. The van der Waals surface area contributed by atoms with Gasteiger partial charge in [-0.25, -0.2) is 0 Å². The highest BCUT2D eigenvalue weighted by Crippen LogP contribution is 2.61. The van der Waals surface area contributed by atoms with Crippen LogP contribution < -0.4 is 0 Å². The van der Waals surface area contributed by atoms with E-state index in [0.29, 0.717) is 12.0 Å². The normalized spacial score (nSPS) is 34.3. The van der Waals surface area contributed by atoms with Gasteiger partial charge in [-0.15, -0.1) is 0 Å². The first-order valence-corrected chi connectivity index (χ1v) is 15.1. The van der Waals surface area contributed by atoms with Gasteiger partial charge >= 0.3 is 23.9 Å². The molecule has 0 unspecified atom stereocenters. The van der Waals surface area contributed by atoms with Crippen molar-refractivity contribution in [3.63, 3.8) is 0 Å². The van der Waals surface area contributed by atoms with Gasteiger partial charge in [0.05, 0.1) is 23.7 Å². The number of ketones is 1. The first kappa shape index (κ1) is 35.7. The lowest BCUT2D eigenvalue weighted by Gasteiger charge is -2.44. The lowest BCUT2D eigenvalue weighted by atomic mass is 9.61. The van der Waals surface area contributed by atoms with Crippen LogP contribution in [-0.2, 0) is 4.79 Å². The molecule has 13 heteroatoms. The predicted octanol–water partition coefficient (Wildman–Crippen LogP) is 7.50. The van der Waals surface area contributed by atoms with E-state index in [4.69, 9.17) is 0 Å². The number of aliphatic hydroxyl groups is 3. The summed E-state index contributed by atoms with van der Waals surface area (Å²) in [6.07, 6.45) is -0.683. The summed E-state index contributed by atoms with van der Waals surface area (Å²) in [6.45, 7) is 7.87. The van der Waals surface area contributed by atoms with Gasteiger partial charge in [-0.2, -0.15) is 39.5 Å². The van der Waals surface area contributed by atoms with Gasteiger partial charge in [0.2, 0.25) is 5.78 Å². The first-order chi connectivity index (χ1) is 20.5. The SMILES string of the molecule is C=C1C(=CC=C2CCC[C@]3(C)[C@@H]([C@H](C)C=C[C@@H](O)C4(C(=O)C(F)(F)C(F)(F)C(F)(F)C(F)(F)F)CC4)CC[C@@H]23)C[C@@H](O)C[C@@H]1O. The summed E-state index contributed by atoms with van der Waals surface area (Å²) in [5.74, 6) is -23.6. The molecule has 4 rings (SSSR count). The fourth-order valence-electron chi connectivity index (χ4n) is 7.83. The molecular weight excluding hydrogens is 619 g/mol. The van der Waals surface area contributed by atoms with E-state index in [9.17, 15) is 59.6 Å². The second-order valence-corrected chi connectivity index (χ2v) is 13.6. The van der Waals surface area contributed by atoms with E-state index in [1.165, 1.54) is 11.6 Å². The van der Waals surface area contributed by atoms with Crippen molar-refractivity contribution < 1.29 is 59.6 Å². The van der Waals surface area contributed by atoms with Crippen molar-refractivity contribution in [1.82, 2.24) is 0 Å². The largest absolute Gasteiger partial charge is 0.460 e. The number of alkyl halides is 9. The number of fused-ring (bicyclic) bond motifs is 1. The average molecular weight is 659 g/mol. The quantitative estimate of drug-likeness (QED) is 0.177. The van der Waals surface area contributed by atoms with E-state index < -0.39 is 66.3 Å². The molecule has 0 aromatic carbocycles. The third-order valence-electron chi connectivity index (χ3n) is 10.8. The van der Waals surface area contributed by atoms with E-state index >= 15 is 0 Å². The Morgan fingerprint density at radius 2 is 1.58 bits per heavy atom. The van der Waals surface area contributed by atoms with Crippen LogP contribution in [0.2, 0.25) is 0 Å². The molecule has 254 valence electrons. The third-order valence-corrected chi connectivity index (χ3v) is 10.8. The lowest BCUT2D eigenvalue weighted by molar-refractivity contribution is -0.389. The van der Waals surface area contributed by atoms with Crippen molar-refractivity contribution >= 4 is 5.78 Å². The van der Waals surface area contributed by atoms with Gasteiger partial charge in [0.25, 0.3) is 0 Å². The van der Waals surface area contributed by atoms with Crippen molar-refractivity contribution in [1.29, 1.82) is 0 Å². The van der Waals surface area contributed by atoms with Crippen LogP contribution in [0, 0.1) is 28.6 Å². The summed E-state index contributed by atoms with van der Waals surface area (Å²) in [5, 5.41) is 30.8. The van der Waals surface area contributed by atoms with Crippen LogP contribution in [0.4, 0.5) is 39.5 Å². The molecular formula is C32H39F9O4. The van der Waals surface area contributed by atoms with Crippen LogP contribution >= 0.6 is 0 Å². The molecule has 0 spiro atoms. The average Bonchev–Trinajstić information content (AvgIpc) is 3.67. The fraction of sp³-hybridized carbons (Fsp3) is 0.719. The predicted molar refractivity (Wildman–Crippen MR) is 147 cm³/mol. The summed E-state index contributed by atoms with van der Waals surface area (Å²) in [5.41, 5.74) is -0.287. The number of carbonyl (C=O) groups is 1. The molecule has 45 heavy (non-hydrogen) atoms. The van der Waals surface area contributed by atoms with Crippen molar-refractivity contribution in [2.45, 2.75) is 114 Å². The zero-order chi connectivity index (χ0) is 34.0. The molecule has 4 aliphatic rings. The number of rotatable bonds is 9.